The Hall–Kier alpha value is -3.75. The van der Waals surface area contributed by atoms with Crippen LogP contribution in [0.5, 0.6) is 5.75 Å². The molecule has 2 aliphatic rings. The molecule has 0 unspecified atom stereocenters. The molecule has 4 rings (SSSR count). The topological polar surface area (TPSA) is 105 Å². The number of hydrogen-bond donors (Lipinski definition) is 1. The number of pyridine rings is 2. The molecule has 0 saturated heterocycles. The second kappa shape index (κ2) is 9.81. The van der Waals surface area contributed by atoms with Crippen molar-refractivity contribution in [2.45, 2.75) is 31.7 Å². The summed E-state index contributed by atoms with van der Waals surface area (Å²) in [5.41, 5.74) is 2.49. The fourth-order valence-electron chi connectivity index (χ4n) is 3.92. The molecular weight excluding hydrogens is 422 g/mol. The minimum atomic E-state index is -0.301. The number of amides is 2. The summed E-state index contributed by atoms with van der Waals surface area (Å²) >= 11 is 0. The van der Waals surface area contributed by atoms with Crippen molar-refractivity contribution in [3.63, 3.8) is 0 Å². The second-order valence-corrected chi connectivity index (χ2v) is 8.26. The van der Waals surface area contributed by atoms with Gasteiger partial charge in [0.25, 0.3) is 5.91 Å². The largest absolute Gasteiger partial charge is 0.495 e. The van der Waals surface area contributed by atoms with Crippen molar-refractivity contribution >= 4 is 23.9 Å². The van der Waals surface area contributed by atoms with E-state index < -0.39 is 0 Å². The molecule has 0 atom stereocenters. The maximum Gasteiger partial charge on any atom is 0.270 e. The molecule has 1 saturated carbocycles. The molecule has 2 amide bonds. The third kappa shape index (κ3) is 5.19. The molecule has 9 nitrogen and oxygen atoms in total. The van der Waals surface area contributed by atoms with Gasteiger partial charge in [-0.1, -0.05) is 0 Å². The number of nitrogens with zero attached hydrogens (tertiary/aromatic N) is 4. The average molecular weight is 450 g/mol. The summed E-state index contributed by atoms with van der Waals surface area (Å²) in [7, 11) is 3.34. The highest BCUT2D eigenvalue weighted by Crippen LogP contribution is 2.30. The maximum atomic E-state index is 13.0. The number of allylic oxidation sites excluding steroid dienone is 1. The molecule has 9 heteroatoms. The molecule has 2 aromatic rings. The van der Waals surface area contributed by atoms with Crippen molar-refractivity contribution in [1.82, 2.24) is 19.8 Å². The molecular formula is C24H27N5O4. The van der Waals surface area contributed by atoms with Crippen LogP contribution in [0.15, 0.2) is 48.1 Å². The van der Waals surface area contributed by atoms with Gasteiger partial charge in [-0.3, -0.25) is 19.4 Å². The Labute approximate surface area is 192 Å². The molecule has 0 aromatic carbocycles. The standard InChI is InChI=1S/C24H27N5O4/c1-28(19-6-7-19)24(32)23-17(15-30)4-3-9-29(23)14-22(31)27-21-8-5-16(12-26-21)18-10-20(33-2)13-25-11-18/h5,8,10-13,15,19H,3-4,6-7,9,14H2,1-2H3,(H,26,27,31). The summed E-state index contributed by atoms with van der Waals surface area (Å²) in [5.74, 6) is 0.553. The fourth-order valence-corrected chi connectivity index (χ4v) is 3.92. The Morgan fingerprint density at radius 3 is 2.73 bits per heavy atom. The SMILES string of the molecule is COc1cncc(-c2ccc(NC(=O)CN3CCCC(C=O)=C3C(=O)N(C)C3CC3)nc2)c1. The van der Waals surface area contributed by atoms with Crippen LogP contribution in [-0.4, -0.2) is 71.2 Å². The molecule has 1 aliphatic carbocycles. The van der Waals surface area contributed by atoms with Crippen LogP contribution in [0.2, 0.25) is 0 Å². The van der Waals surface area contributed by atoms with E-state index >= 15 is 0 Å². The summed E-state index contributed by atoms with van der Waals surface area (Å²) in [5, 5.41) is 2.78. The van der Waals surface area contributed by atoms with E-state index in [0.29, 0.717) is 42.2 Å². The number of anilines is 1. The Bertz CT molecular complexity index is 1080. The van der Waals surface area contributed by atoms with E-state index in [0.717, 1.165) is 30.3 Å². The van der Waals surface area contributed by atoms with Gasteiger partial charge in [-0.05, 0) is 43.9 Å². The number of aromatic nitrogens is 2. The molecule has 1 aliphatic heterocycles. The Kier molecular flexibility index (Phi) is 6.67. The van der Waals surface area contributed by atoms with Crippen LogP contribution in [0.4, 0.5) is 5.82 Å². The summed E-state index contributed by atoms with van der Waals surface area (Å²) in [4.78, 5) is 49.2. The van der Waals surface area contributed by atoms with Crippen molar-refractivity contribution in [1.29, 1.82) is 0 Å². The molecule has 3 heterocycles. The van der Waals surface area contributed by atoms with Crippen molar-refractivity contribution in [2.75, 3.05) is 32.6 Å². The van der Waals surface area contributed by atoms with Crippen molar-refractivity contribution < 1.29 is 19.1 Å². The zero-order valence-electron chi connectivity index (χ0n) is 18.8. The first-order valence-electron chi connectivity index (χ1n) is 11.0. The summed E-state index contributed by atoms with van der Waals surface area (Å²) < 4.78 is 5.20. The number of carbonyl (C=O) groups excluding carboxylic acids is 3. The lowest BCUT2D eigenvalue weighted by Gasteiger charge is -2.33. The molecule has 0 spiro atoms. The minimum absolute atomic E-state index is 0.0276. The monoisotopic (exact) mass is 449 g/mol. The number of hydrogen-bond acceptors (Lipinski definition) is 7. The highest BCUT2D eigenvalue weighted by Gasteiger charge is 2.35. The Morgan fingerprint density at radius 2 is 2.06 bits per heavy atom. The molecule has 33 heavy (non-hydrogen) atoms. The molecule has 0 radical (unpaired) electrons. The highest BCUT2D eigenvalue weighted by molar-refractivity contribution is 6.00. The van der Waals surface area contributed by atoms with Gasteiger partial charge in [0.1, 0.15) is 23.6 Å². The number of aldehydes is 1. The van der Waals surface area contributed by atoms with E-state index in [4.69, 9.17) is 4.74 Å². The molecule has 0 bridgehead atoms. The third-order valence-electron chi connectivity index (χ3n) is 5.90. The quantitative estimate of drug-likeness (QED) is 0.617. The normalized spacial score (nSPS) is 15.8. The maximum absolute atomic E-state index is 13.0. The van der Waals surface area contributed by atoms with Crippen LogP contribution in [-0.2, 0) is 14.4 Å². The summed E-state index contributed by atoms with van der Waals surface area (Å²) in [6.45, 7) is 0.514. The predicted octanol–water partition coefficient (Wildman–Crippen LogP) is 2.26. The molecule has 1 fully saturated rings. The third-order valence-corrected chi connectivity index (χ3v) is 5.90. The number of nitrogens with one attached hydrogen (secondary N) is 1. The van der Waals surface area contributed by atoms with Gasteiger partial charge in [0.2, 0.25) is 5.91 Å². The lowest BCUT2D eigenvalue weighted by Crippen LogP contribution is -2.43. The second-order valence-electron chi connectivity index (χ2n) is 8.26. The average Bonchev–Trinajstić information content (AvgIpc) is 3.69. The number of carbonyl (C=O) groups is 3. The van der Waals surface area contributed by atoms with Crippen molar-refractivity contribution in [2.24, 2.45) is 0 Å². The number of rotatable bonds is 8. The van der Waals surface area contributed by atoms with Crippen LogP contribution >= 0.6 is 0 Å². The number of likely N-dealkylation sites (N-methyl/N-ethyl adjacent to an activating group) is 1. The Morgan fingerprint density at radius 1 is 1.24 bits per heavy atom. The zero-order valence-corrected chi connectivity index (χ0v) is 18.8. The molecule has 2 aromatic heterocycles. The van der Waals surface area contributed by atoms with Gasteiger partial charge in [-0.25, -0.2) is 4.98 Å². The van der Waals surface area contributed by atoms with Crippen molar-refractivity contribution in [3.8, 4) is 16.9 Å². The zero-order chi connectivity index (χ0) is 23.4. The lowest BCUT2D eigenvalue weighted by atomic mass is 10.0. The van der Waals surface area contributed by atoms with E-state index in [9.17, 15) is 14.4 Å². The van der Waals surface area contributed by atoms with Crippen LogP contribution < -0.4 is 10.1 Å². The van der Waals surface area contributed by atoms with Crippen LogP contribution in [0.25, 0.3) is 11.1 Å². The smallest absolute Gasteiger partial charge is 0.270 e. The van der Waals surface area contributed by atoms with Crippen LogP contribution in [0, 0.1) is 0 Å². The first-order valence-corrected chi connectivity index (χ1v) is 11.0. The summed E-state index contributed by atoms with van der Waals surface area (Å²) in [6, 6.07) is 5.62. The summed E-state index contributed by atoms with van der Waals surface area (Å²) in [6.07, 6.45) is 8.93. The molecule has 1 N–H and O–H groups in total. The van der Waals surface area contributed by atoms with Gasteiger partial charge in [0, 0.05) is 48.7 Å². The van der Waals surface area contributed by atoms with E-state index in [2.05, 4.69) is 15.3 Å². The number of methoxy groups -OCH3 is 1. The van der Waals surface area contributed by atoms with E-state index in [1.165, 1.54) is 0 Å². The van der Waals surface area contributed by atoms with Crippen LogP contribution in [0.1, 0.15) is 25.7 Å². The van der Waals surface area contributed by atoms with Gasteiger partial charge in [0.15, 0.2) is 0 Å². The first kappa shape index (κ1) is 22.4. The van der Waals surface area contributed by atoms with Gasteiger partial charge in [-0.2, -0.15) is 0 Å². The minimum Gasteiger partial charge on any atom is -0.495 e. The Balaban J connectivity index is 1.43. The highest BCUT2D eigenvalue weighted by atomic mass is 16.5. The predicted molar refractivity (Wildman–Crippen MR) is 122 cm³/mol. The van der Waals surface area contributed by atoms with E-state index in [1.54, 1.807) is 48.6 Å². The van der Waals surface area contributed by atoms with Crippen molar-refractivity contribution in [3.05, 3.63) is 48.1 Å². The lowest BCUT2D eigenvalue weighted by molar-refractivity contribution is -0.129. The number of ether oxygens (including phenoxy) is 1. The first-order chi connectivity index (χ1) is 16.0. The van der Waals surface area contributed by atoms with Crippen LogP contribution in [0.3, 0.4) is 0 Å². The van der Waals surface area contributed by atoms with E-state index in [1.807, 2.05) is 12.1 Å². The van der Waals surface area contributed by atoms with Gasteiger partial charge in [-0.15, -0.1) is 0 Å². The molecule has 172 valence electrons. The van der Waals surface area contributed by atoms with Gasteiger partial charge in [0.05, 0.1) is 19.9 Å². The fraction of sp³-hybridized carbons (Fsp3) is 0.375. The van der Waals surface area contributed by atoms with Gasteiger partial charge >= 0.3 is 0 Å². The van der Waals surface area contributed by atoms with Gasteiger partial charge < -0.3 is 19.9 Å². The van der Waals surface area contributed by atoms with E-state index in [-0.39, 0.29) is 24.4 Å².